The second-order valence-corrected chi connectivity index (χ2v) is 4.56. The van der Waals surface area contributed by atoms with Crippen LogP contribution in [-0.2, 0) is 6.54 Å². The van der Waals surface area contributed by atoms with E-state index in [0.29, 0.717) is 13.1 Å². The smallest absolute Gasteiger partial charge is 0.433 e. The largest absolute Gasteiger partial charge is 0.497 e. The Morgan fingerprint density at radius 2 is 1.95 bits per heavy atom. The van der Waals surface area contributed by atoms with E-state index in [1.807, 2.05) is 31.2 Å². The highest BCUT2D eigenvalue weighted by Gasteiger charge is 2.21. The molecule has 0 spiro atoms. The third kappa shape index (κ3) is 3.43. The number of nitro groups is 1. The van der Waals surface area contributed by atoms with Gasteiger partial charge < -0.3 is 14.1 Å². The van der Waals surface area contributed by atoms with Crippen LogP contribution in [0.3, 0.4) is 0 Å². The summed E-state index contributed by atoms with van der Waals surface area (Å²) in [7, 11) is 1.58. The van der Waals surface area contributed by atoms with Crippen molar-refractivity contribution >= 4 is 11.8 Å². The van der Waals surface area contributed by atoms with Gasteiger partial charge in [-0.3, -0.25) is 14.9 Å². The Kier molecular flexibility index (Phi) is 4.77. The maximum atomic E-state index is 12.3. The van der Waals surface area contributed by atoms with Gasteiger partial charge in [0.2, 0.25) is 0 Å². The third-order valence-electron chi connectivity index (χ3n) is 3.18. The standard InChI is InChI=1S/C15H16N2O5/c1-3-16(10-11-4-6-12(21-2)7-5-11)15(18)13-8-9-14(22-13)17(19)20/h4-9H,3,10H2,1-2H3. The van der Waals surface area contributed by atoms with E-state index in [-0.39, 0.29) is 11.7 Å². The molecule has 116 valence electrons. The van der Waals surface area contributed by atoms with Crippen molar-refractivity contribution in [1.29, 1.82) is 0 Å². The van der Waals surface area contributed by atoms with Crippen LogP contribution in [0.25, 0.3) is 0 Å². The van der Waals surface area contributed by atoms with E-state index in [0.717, 1.165) is 11.3 Å². The number of amides is 1. The molecular weight excluding hydrogens is 288 g/mol. The van der Waals surface area contributed by atoms with Crippen LogP contribution in [0.1, 0.15) is 23.0 Å². The van der Waals surface area contributed by atoms with Gasteiger partial charge in [0, 0.05) is 13.1 Å². The Balaban J connectivity index is 2.12. The maximum absolute atomic E-state index is 12.3. The predicted molar refractivity (Wildman–Crippen MR) is 78.8 cm³/mol. The summed E-state index contributed by atoms with van der Waals surface area (Å²) in [5, 5.41) is 10.6. The molecule has 0 saturated carbocycles. The minimum atomic E-state index is -0.670. The van der Waals surface area contributed by atoms with Gasteiger partial charge >= 0.3 is 5.88 Å². The van der Waals surface area contributed by atoms with Crippen LogP contribution >= 0.6 is 0 Å². The molecule has 1 aromatic carbocycles. The summed E-state index contributed by atoms with van der Waals surface area (Å²) in [6, 6.07) is 9.83. The zero-order valence-electron chi connectivity index (χ0n) is 12.3. The first-order valence-corrected chi connectivity index (χ1v) is 6.71. The number of carbonyl (C=O) groups excluding carboxylic acids is 1. The summed E-state index contributed by atoms with van der Waals surface area (Å²) in [4.78, 5) is 23.8. The van der Waals surface area contributed by atoms with Gasteiger partial charge in [-0.05, 0) is 30.7 Å². The Morgan fingerprint density at radius 3 is 2.45 bits per heavy atom. The highest BCUT2D eigenvalue weighted by Crippen LogP contribution is 2.19. The summed E-state index contributed by atoms with van der Waals surface area (Å²) in [5.74, 6) is -0.128. The SMILES string of the molecule is CCN(Cc1ccc(OC)cc1)C(=O)c1ccc([N+](=O)[O-])o1. The number of hydrogen-bond acceptors (Lipinski definition) is 5. The minimum Gasteiger partial charge on any atom is -0.497 e. The molecule has 0 radical (unpaired) electrons. The highest BCUT2D eigenvalue weighted by atomic mass is 16.6. The van der Waals surface area contributed by atoms with Crippen molar-refractivity contribution < 1.29 is 18.9 Å². The van der Waals surface area contributed by atoms with Crippen molar-refractivity contribution in [3.05, 3.63) is 57.8 Å². The molecule has 0 fully saturated rings. The molecule has 1 amide bonds. The van der Waals surface area contributed by atoms with Gasteiger partial charge in [0.1, 0.15) is 10.7 Å². The van der Waals surface area contributed by atoms with Crippen LogP contribution in [-0.4, -0.2) is 29.4 Å². The molecule has 0 N–H and O–H groups in total. The summed E-state index contributed by atoms with van der Waals surface area (Å²) in [6.45, 7) is 2.67. The van der Waals surface area contributed by atoms with Crippen LogP contribution in [0, 0.1) is 10.1 Å². The molecule has 1 heterocycles. The van der Waals surface area contributed by atoms with Crippen molar-refractivity contribution in [2.45, 2.75) is 13.5 Å². The zero-order chi connectivity index (χ0) is 16.1. The average Bonchev–Trinajstić information content (AvgIpc) is 3.02. The first-order chi connectivity index (χ1) is 10.5. The van der Waals surface area contributed by atoms with Crippen LogP contribution in [0.2, 0.25) is 0 Å². The molecule has 0 aliphatic rings. The number of benzene rings is 1. The van der Waals surface area contributed by atoms with Gasteiger partial charge in [-0.15, -0.1) is 0 Å². The number of nitrogens with zero attached hydrogens (tertiary/aromatic N) is 2. The zero-order valence-corrected chi connectivity index (χ0v) is 12.3. The molecule has 22 heavy (non-hydrogen) atoms. The Hall–Kier alpha value is -2.83. The molecule has 0 unspecified atom stereocenters. The van der Waals surface area contributed by atoms with E-state index in [9.17, 15) is 14.9 Å². The van der Waals surface area contributed by atoms with Crippen LogP contribution in [0.5, 0.6) is 5.75 Å². The quantitative estimate of drug-likeness (QED) is 0.605. The van der Waals surface area contributed by atoms with Crippen molar-refractivity contribution in [1.82, 2.24) is 4.90 Å². The Labute approximate surface area is 127 Å². The first kappa shape index (κ1) is 15.6. The van der Waals surface area contributed by atoms with Crippen molar-refractivity contribution in [3.63, 3.8) is 0 Å². The van der Waals surface area contributed by atoms with E-state index < -0.39 is 10.8 Å². The lowest BCUT2D eigenvalue weighted by atomic mass is 10.2. The second-order valence-electron chi connectivity index (χ2n) is 4.56. The molecule has 1 aromatic heterocycles. The molecule has 0 aliphatic carbocycles. The summed E-state index contributed by atoms with van der Waals surface area (Å²) >= 11 is 0. The monoisotopic (exact) mass is 304 g/mol. The predicted octanol–water partition coefficient (Wildman–Crippen LogP) is 2.86. The molecular formula is C15H16N2O5. The first-order valence-electron chi connectivity index (χ1n) is 6.71. The molecule has 0 saturated heterocycles. The molecule has 7 heteroatoms. The molecule has 0 aliphatic heterocycles. The van der Waals surface area contributed by atoms with Gasteiger partial charge in [0.25, 0.3) is 5.91 Å². The van der Waals surface area contributed by atoms with E-state index in [2.05, 4.69) is 0 Å². The Bertz CT molecular complexity index is 663. The number of furan rings is 1. The van der Waals surface area contributed by atoms with Gasteiger partial charge in [0.15, 0.2) is 5.76 Å². The van der Waals surface area contributed by atoms with Crippen LogP contribution < -0.4 is 4.74 Å². The van der Waals surface area contributed by atoms with Crippen LogP contribution in [0.15, 0.2) is 40.8 Å². The minimum absolute atomic E-state index is 0.0398. The van der Waals surface area contributed by atoms with Gasteiger partial charge in [-0.25, -0.2) is 0 Å². The second kappa shape index (κ2) is 6.75. The lowest BCUT2D eigenvalue weighted by Gasteiger charge is -2.19. The van der Waals surface area contributed by atoms with E-state index in [1.54, 1.807) is 12.0 Å². The van der Waals surface area contributed by atoms with Gasteiger partial charge in [0.05, 0.1) is 13.2 Å². The van der Waals surface area contributed by atoms with Crippen molar-refractivity contribution in [2.24, 2.45) is 0 Å². The fourth-order valence-electron chi connectivity index (χ4n) is 1.98. The number of methoxy groups -OCH3 is 1. The number of rotatable bonds is 6. The number of ether oxygens (including phenoxy) is 1. The molecule has 2 aromatic rings. The van der Waals surface area contributed by atoms with Gasteiger partial charge in [-0.1, -0.05) is 12.1 Å². The highest BCUT2D eigenvalue weighted by molar-refractivity contribution is 5.91. The number of hydrogen-bond donors (Lipinski definition) is 0. The van der Waals surface area contributed by atoms with Gasteiger partial charge in [-0.2, -0.15) is 0 Å². The summed E-state index contributed by atoms with van der Waals surface area (Å²) < 4.78 is 10.0. The van der Waals surface area contributed by atoms with Crippen molar-refractivity contribution in [3.8, 4) is 5.75 Å². The molecule has 0 atom stereocenters. The third-order valence-corrected chi connectivity index (χ3v) is 3.18. The fourth-order valence-corrected chi connectivity index (χ4v) is 1.98. The maximum Gasteiger partial charge on any atom is 0.433 e. The Morgan fingerprint density at radius 1 is 1.27 bits per heavy atom. The van der Waals surface area contributed by atoms with E-state index in [4.69, 9.17) is 9.15 Å². The molecule has 7 nitrogen and oxygen atoms in total. The lowest BCUT2D eigenvalue weighted by Crippen LogP contribution is -2.29. The molecule has 2 rings (SSSR count). The van der Waals surface area contributed by atoms with Crippen LogP contribution in [0.4, 0.5) is 5.88 Å². The van der Waals surface area contributed by atoms with Crippen molar-refractivity contribution in [2.75, 3.05) is 13.7 Å². The summed E-state index contributed by atoms with van der Waals surface area (Å²) in [5.41, 5.74) is 0.928. The average molecular weight is 304 g/mol. The molecule has 0 bridgehead atoms. The van der Waals surface area contributed by atoms with E-state index in [1.165, 1.54) is 12.1 Å². The lowest BCUT2D eigenvalue weighted by molar-refractivity contribution is -0.402. The number of carbonyl (C=O) groups is 1. The van der Waals surface area contributed by atoms with E-state index >= 15 is 0 Å². The normalized spacial score (nSPS) is 10.3. The topological polar surface area (TPSA) is 85.8 Å². The fraction of sp³-hybridized carbons (Fsp3) is 0.267. The summed E-state index contributed by atoms with van der Waals surface area (Å²) in [6.07, 6.45) is 0.